The zero-order valence-electron chi connectivity index (χ0n) is 12.4. The van der Waals surface area contributed by atoms with Gasteiger partial charge in [0.15, 0.2) is 0 Å². The van der Waals surface area contributed by atoms with Crippen molar-refractivity contribution in [3.63, 3.8) is 0 Å². The predicted octanol–water partition coefficient (Wildman–Crippen LogP) is 2.03. The highest BCUT2D eigenvalue weighted by Crippen LogP contribution is 2.22. The summed E-state index contributed by atoms with van der Waals surface area (Å²) < 4.78 is 15.0. The summed E-state index contributed by atoms with van der Waals surface area (Å²) in [5.41, 5.74) is 5.45. The van der Waals surface area contributed by atoms with E-state index >= 15 is 0 Å². The summed E-state index contributed by atoms with van der Waals surface area (Å²) in [6.45, 7) is 1.14. The van der Waals surface area contributed by atoms with Gasteiger partial charge in [0.05, 0.1) is 18.8 Å². The van der Waals surface area contributed by atoms with Crippen LogP contribution in [0.2, 0.25) is 0 Å². The van der Waals surface area contributed by atoms with Crippen LogP contribution in [0.15, 0.2) is 36.4 Å². The molecule has 23 heavy (non-hydrogen) atoms. The molecule has 0 saturated carbocycles. The van der Waals surface area contributed by atoms with Crippen LogP contribution in [0.1, 0.15) is 10.4 Å². The van der Waals surface area contributed by atoms with E-state index in [9.17, 15) is 9.59 Å². The van der Waals surface area contributed by atoms with E-state index in [0.717, 1.165) is 10.8 Å². The molecular weight excluding hydrogens is 302 g/mol. The lowest BCUT2D eigenvalue weighted by Crippen LogP contribution is -2.16. The fraction of sp³-hybridized carbons (Fsp3) is 0.250. The molecule has 0 atom stereocenters. The minimum Gasteiger partial charge on any atom is -0.478 e. The van der Waals surface area contributed by atoms with Gasteiger partial charge in [-0.1, -0.05) is 12.1 Å². The summed E-state index contributed by atoms with van der Waals surface area (Å²) in [6.07, 6.45) is -0.831. The first kappa shape index (κ1) is 16.7. The number of rotatable bonds is 7. The van der Waals surface area contributed by atoms with Crippen LogP contribution in [0.3, 0.4) is 0 Å². The van der Waals surface area contributed by atoms with Gasteiger partial charge in [0, 0.05) is 6.54 Å². The van der Waals surface area contributed by atoms with Gasteiger partial charge >= 0.3 is 12.1 Å². The fourth-order valence-corrected chi connectivity index (χ4v) is 1.92. The van der Waals surface area contributed by atoms with Gasteiger partial charge in [0.25, 0.3) is 0 Å². The van der Waals surface area contributed by atoms with Gasteiger partial charge in [-0.2, -0.15) is 0 Å². The van der Waals surface area contributed by atoms with Crippen LogP contribution in [0, 0.1) is 0 Å². The number of carboxylic acids is 1. The van der Waals surface area contributed by atoms with Gasteiger partial charge in [0.2, 0.25) is 0 Å². The number of carboxylic acid groups (broad SMARTS) is 1. The molecule has 122 valence electrons. The SMILES string of the molecule is NCCOCCOC(=O)Oc1ccc2cc(C(=O)O)ccc2c1. The van der Waals surface area contributed by atoms with E-state index in [4.69, 9.17) is 25.1 Å². The third kappa shape index (κ3) is 4.94. The Morgan fingerprint density at radius 2 is 1.74 bits per heavy atom. The summed E-state index contributed by atoms with van der Waals surface area (Å²) in [5.74, 6) is -0.680. The average molecular weight is 319 g/mol. The molecule has 0 unspecified atom stereocenters. The molecule has 0 aliphatic rings. The van der Waals surface area contributed by atoms with Gasteiger partial charge < -0.3 is 25.1 Å². The van der Waals surface area contributed by atoms with Crippen molar-refractivity contribution in [2.45, 2.75) is 0 Å². The summed E-state index contributed by atoms with van der Waals surface area (Å²) in [7, 11) is 0. The molecule has 0 fully saturated rings. The van der Waals surface area contributed by atoms with Gasteiger partial charge in [0.1, 0.15) is 12.4 Å². The number of carbonyl (C=O) groups is 2. The Hall–Kier alpha value is -2.64. The maximum Gasteiger partial charge on any atom is 0.513 e. The molecule has 0 heterocycles. The van der Waals surface area contributed by atoms with Gasteiger partial charge in [-0.3, -0.25) is 0 Å². The van der Waals surface area contributed by atoms with Crippen molar-refractivity contribution in [1.29, 1.82) is 0 Å². The molecule has 7 heteroatoms. The molecule has 0 bridgehead atoms. The van der Waals surface area contributed by atoms with Crippen LogP contribution in [0.25, 0.3) is 10.8 Å². The van der Waals surface area contributed by atoms with Crippen molar-refractivity contribution in [3.8, 4) is 5.75 Å². The van der Waals surface area contributed by atoms with Crippen molar-refractivity contribution in [1.82, 2.24) is 0 Å². The second-order valence-electron chi connectivity index (χ2n) is 4.63. The molecule has 0 radical (unpaired) electrons. The Labute approximate surface area is 132 Å². The summed E-state index contributed by atoms with van der Waals surface area (Å²) in [5, 5.41) is 10.4. The number of aromatic carboxylic acids is 1. The van der Waals surface area contributed by atoms with Crippen molar-refractivity contribution in [2.75, 3.05) is 26.4 Å². The smallest absolute Gasteiger partial charge is 0.478 e. The maximum absolute atomic E-state index is 11.5. The highest BCUT2D eigenvalue weighted by molar-refractivity contribution is 5.94. The molecule has 0 saturated heterocycles. The number of ether oxygens (including phenoxy) is 3. The highest BCUT2D eigenvalue weighted by atomic mass is 16.7. The summed E-state index contributed by atoms with van der Waals surface area (Å²) in [4.78, 5) is 22.4. The third-order valence-electron chi connectivity index (χ3n) is 2.97. The minimum absolute atomic E-state index is 0.0778. The maximum atomic E-state index is 11.5. The normalized spacial score (nSPS) is 10.5. The predicted molar refractivity (Wildman–Crippen MR) is 82.8 cm³/mol. The lowest BCUT2D eigenvalue weighted by Gasteiger charge is -2.07. The quantitative estimate of drug-likeness (QED) is 0.456. The Morgan fingerprint density at radius 3 is 2.48 bits per heavy atom. The molecule has 0 amide bonds. The minimum atomic E-state index is -0.993. The summed E-state index contributed by atoms with van der Waals surface area (Å²) in [6, 6.07) is 9.57. The van der Waals surface area contributed by atoms with Crippen molar-refractivity contribution in [3.05, 3.63) is 42.0 Å². The first-order valence-electron chi connectivity index (χ1n) is 6.99. The molecule has 2 rings (SSSR count). The first-order chi connectivity index (χ1) is 11.1. The van der Waals surface area contributed by atoms with E-state index in [0.29, 0.717) is 18.9 Å². The lowest BCUT2D eigenvalue weighted by atomic mass is 10.1. The topological polar surface area (TPSA) is 108 Å². The van der Waals surface area contributed by atoms with Crippen molar-refractivity contribution < 1.29 is 28.9 Å². The van der Waals surface area contributed by atoms with Gasteiger partial charge in [-0.25, -0.2) is 9.59 Å². The van der Waals surface area contributed by atoms with E-state index in [1.54, 1.807) is 30.3 Å². The summed E-state index contributed by atoms with van der Waals surface area (Å²) >= 11 is 0. The van der Waals surface area contributed by atoms with Crippen LogP contribution in [-0.4, -0.2) is 43.6 Å². The average Bonchev–Trinajstić information content (AvgIpc) is 2.54. The van der Waals surface area contributed by atoms with Crippen LogP contribution >= 0.6 is 0 Å². The molecule has 2 aromatic carbocycles. The monoisotopic (exact) mass is 319 g/mol. The Kier molecular flexibility index (Phi) is 5.90. The number of benzene rings is 2. The Morgan fingerprint density at radius 1 is 1.00 bits per heavy atom. The highest BCUT2D eigenvalue weighted by Gasteiger charge is 2.08. The second-order valence-corrected chi connectivity index (χ2v) is 4.63. The fourth-order valence-electron chi connectivity index (χ4n) is 1.92. The standard InChI is InChI=1S/C16H17NO6/c17-5-6-21-7-8-22-16(20)23-14-4-3-11-9-13(15(18)19)2-1-12(11)10-14/h1-4,9-10H,5-8,17H2,(H,18,19). The first-order valence-corrected chi connectivity index (χ1v) is 6.99. The van der Waals surface area contributed by atoms with E-state index in [2.05, 4.69) is 0 Å². The number of hydrogen-bond donors (Lipinski definition) is 2. The molecule has 0 aliphatic heterocycles. The second kappa shape index (κ2) is 8.11. The van der Waals surface area contributed by atoms with E-state index in [1.807, 2.05) is 0 Å². The Balaban J connectivity index is 1.94. The Bertz CT molecular complexity index is 700. The molecular formula is C16H17NO6. The molecule has 7 nitrogen and oxygen atoms in total. The van der Waals surface area contributed by atoms with E-state index in [1.165, 1.54) is 6.07 Å². The van der Waals surface area contributed by atoms with E-state index in [-0.39, 0.29) is 18.8 Å². The van der Waals surface area contributed by atoms with Crippen LogP contribution < -0.4 is 10.5 Å². The molecule has 3 N–H and O–H groups in total. The number of nitrogens with two attached hydrogens (primary N) is 1. The van der Waals surface area contributed by atoms with Crippen molar-refractivity contribution in [2.24, 2.45) is 5.73 Å². The van der Waals surface area contributed by atoms with E-state index < -0.39 is 12.1 Å². The number of fused-ring (bicyclic) bond motifs is 1. The van der Waals surface area contributed by atoms with Gasteiger partial charge in [-0.05, 0) is 35.0 Å². The van der Waals surface area contributed by atoms with Crippen molar-refractivity contribution >= 4 is 22.9 Å². The third-order valence-corrected chi connectivity index (χ3v) is 2.97. The van der Waals surface area contributed by atoms with Crippen LogP contribution in [0.5, 0.6) is 5.75 Å². The van der Waals surface area contributed by atoms with Crippen LogP contribution in [0.4, 0.5) is 4.79 Å². The largest absolute Gasteiger partial charge is 0.513 e. The molecule has 2 aromatic rings. The zero-order chi connectivity index (χ0) is 16.7. The zero-order valence-corrected chi connectivity index (χ0v) is 12.4. The molecule has 0 aliphatic carbocycles. The number of hydrogen-bond acceptors (Lipinski definition) is 6. The lowest BCUT2D eigenvalue weighted by molar-refractivity contribution is 0.0544. The van der Waals surface area contributed by atoms with Crippen LogP contribution in [-0.2, 0) is 9.47 Å². The van der Waals surface area contributed by atoms with Gasteiger partial charge in [-0.15, -0.1) is 0 Å². The molecule has 0 spiro atoms. The molecule has 0 aromatic heterocycles. The number of carbonyl (C=O) groups excluding carboxylic acids is 1.